The van der Waals surface area contributed by atoms with Gasteiger partial charge >= 0.3 is 82.4 Å². The Hall–Kier alpha value is -1.41. The van der Waals surface area contributed by atoms with Crippen LogP contribution in [0.4, 0.5) is 25.2 Å². The van der Waals surface area contributed by atoms with Crippen molar-refractivity contribution in [1.82, 2.24) is 29.6 Å². The average molecular weight is 802 g/mol. The van der Waals surface area contributed by atoms with E-state index in [0.29, 0.717) is 13.1 Å². The number of carboxylic acid groups (broad SMARTS) is 2. The zero-order chi connectivity index (χ0) is 30.9. The molecule has 3 rings (SSSR count). The zero-order valence-electron chi connectivity index (χ0n) is 23.9. The van der Waals surface area contributed by atoms with Crippen molar-refractivity contribution in [3.05, 3.63) is 59.2 Å². The van der Waals surface area contributed by atoms with Crippen molar-refractivity contribution in [3.8, 4) is 0 Å². The molecular weight excluding hydrogens is 765 g/mol. The Balaban J connectivity index is 0. The first kappa shape index (κ1) is 44.7. The molecule has 0 unspecified atom stereocenters. The molecule has 0 aliphatic carbocycles. The molecule has 0 bridgehead atoms. The number of carbonyl (C=O) groups is 2. The Bertz CT molecular complexity index is 1100. The van der Waals surface area contributed by atoms with E-state index in [4.69, 9.17) is 0 Å². The van der Waals surface area contributed by atoms with Gasteiger partial charge in [-0.2, -0.15) is 0 Å². The van der Waals surface area contributed by atoms with Crippen LogP contribution in [0.5, 0.6) is 0 Å². The SMILES string of the molecule is CN1CCN(Cc2cccc(C(=O)[O-])n2)CCN(C)CCN(Cc2cccc(C(=O)[O-])n2)CC1.F[P-](F)(F)(F)(F)F.O.O.[Eu+3]. The molecule has 0 aromatic carbocycles. The summed E-state index contributed by atoms with van der Waals surface area (Å²) >= 11 is 0. The molecule has 0 radical (unpaired) electrons. The second kappa shape index (κ2) is 18.1. The maximum atomic E-state index is 11.1. The van der Waals surface area contributed by atoms with Crippen LogP contribution < -0.4 is 10.2 Å². The molecule has 1 fully saturated rings. The van der Waals surface area contributed by atoms with E-state index in [2.05, 4.69) is 43.7 Å². The van der Waals surface area contributed by atoms with Gasteiger partial charge in [0.1, 0.15) is 0 Å². The second-order valence-electron chi connectivity index (χ2n) is 9.72. The average Bonchev–Trinajstić information content (AvgIpc) is 2.85. The summed E-state index contributed by atoms with van der Waals surface area (Å²) in [6.45, 7) is 7.91. The molecule has 1 aliphatic heterocycles. The summed E-state index contributed by atoms with van der Waals surface area (Å²) in [5, 5.41) is 22.3. The summed E-state index contributed by atoms with van der Waals surface area (Å²) in [6, 6.07) is 10.00. The van der Waals surface area contributed by atoms with Crippen molar-refractivity contribution in [2.24, 2.45) is 0 Å². The van der Waals surface area contributed by atoms with Crippen LogP contribution in [0.1, 0.15) is 32.4 Å². The van der Waals surface area contributed by atoms with Gasteiger partial charge in [-0.3, -0.25) is 19.8 Å². The van der Waals surface area contributed by atoms with Crippen LogP contribution in [0.2, 0.25) is 0 Å². The number of aromatic nitrogens is 2. The maximum Gasteiger partial charge on any atom is 3.00 e. The third-order valence-electron chi connectivity index (χ3n) is 5.99. The molecule has 0 spiro atoms. The quantitative estimate of drug-likeness (QED) is 0.288. The molecule has 4 N–H and O–H groups in total. The summed E-state index contributed by atoms with van der Waals surface area (Å²) in [4.78, 5) is 39.8. The molecule has 12 nitrogen and oxygen atoms in total. The van der Waals surface area contributed by atoms with E-state index in [9.17, 15) is 45.0 Å². The molecule has 1 aliphatic rings. The van der Waals surface area contributed by atoms with Crippen molar-refractivity contribution >= 4 is 19.7 Å². The summed E-state index contributed by atoms with van der Waals surface area (Å²) < 4.78 is 59.2. The Morgan fingerprint density at radius 1 is 0.659 bits per heavy atom. The van der Waals surface area contributed by atoms with Gasteiger partial charge in [-0.05, 0) is 38.4 Å². The number of carboxylic acids is 2. The van der Waals surface area contributed by atoms with E-state index in [1.54, 1.807) is 12.1 Å². The Morgan fingerprint density at radius 2 is 0.932 bits per heavy atom. The van der Waals surface area contributed by atoms with Gasteiger partial charge in [0.2, 0.25) is 0 Å². The van der Waals surface area contributed by atoms with Crippen LogP contribution in [-0.2, 0) is 13.1 Å². The molecule has 2 aromatic heterocycles. The van der Waals surface area contributed by atoms with Gasteiger partial charge in [-0.25, -0.2) is 0 Å². The number of halogens is 6. The summed E-state index contributed by atoms with van der Waals surface area (Å²) in [5.74, 6) is -2.53. The Kier molecular flexibility index (Phi) is 18.4. The summed E-state index contributed by atoms with van der Waals surface area (Å²) in [6.07, 6.45) is 0. The van der Waals surface area contributed by atoms with Crippen molar-refractivity contribution < 1.29 is 105 Å². The number of carbonyl (C=O) groups excluding carboxylic acids is 2. The monoisotopic (exact) mass is 802 g/mol. The molecule has 0 amide bonds. The first-order chi connectivity index (χ1) is 18.7. The molecule has 1 saturated heterocycles. The number of rotatable bonds is 6. The van der Waals surface area contributed by atoms with E-state index < -0.39 is 19.7 Å². The van der Waals surface area contributed by atoms with E-state index in [1.165, 1.54) is 12.1 Å². The number of hydrogen-bond acceptors (Lipinski definition) is 10. The number of pyridine rings is 2. The molecule has 252 valence electrons. The molecule has 2 aromatic rings. The first-order valence-corrected chi connectivity index (χ1v) is 14.5. The minimum absolute atomic E-state index is 0. The fourth-order valence-corrected chi connectivity index (χ4v) is 3.83. The van der Waals surface area contributed by atoms with Crippen LogP contribution in [0.3, 0.4) is 0 Å². The number of aromatic carboxylic acids is 2. The van der Waals surface area contributed by atoms with Crippen molar-refractivity contribution in [1.29, 1.82) is 0 Å². The van der Waals surface area contributed by atoms with Gasteiger partial charge < -0.3 is 40.6 Å². The predicted molar refractivity (Wildman–Crippen MR) is 143 cm³/mol. The fourth-order valence-electron chi connectivity index (χ4n) is 3.83. The molecule has 0 atom stereocenters. The normalized spacial score (nSPS) is 17.7. The molecule has 3 heterocycles. The standard InChI is InChI=1S/C24H34N6O4.Eu.F6P.2H2O/c1-27-9-13-29(17-19-5-3-7-21(25-19)23(31)32)15-11-28(2)12-16-30(14-10-27)18-20-6-4-8-22(26-20)24(33)34;;1-7(2,3,4,5)6;;/h3-8H,9-18H2,1-2H3,(H,31,32)(H,33,34);;;2*1H2/q;+3;-1;;/p-2. The maximum absolute atomic E-state index is 11.1. The van der Waals surface area contributed by atoms with E-state index in [-0.39, 0.29) is 71.7 Å². The predicted octanol–water partition coefficient (Wildman–Crippen LogP) is 0.118. The van der Waals surface area contributed by atoms with Crippen molar-refractivity contribution in [2.45, 2.75) is 13.1 Å². The molecule has 20 heteroatoms. The fraction of sp³-hybridized carbons (Fsp3) is 0.500. The van der Waals surface area contributed by atoms with Crippen LogP contribution >= 0.6 is 7.81 Å². The van der Waals surface area contributed by atoms with Crippen LogP contribution in [0, 0.1) is 49.4 Å². The first-order valence-electron chi connectivity index (χ1n) is 12.5. The van der Waals surface area contributed by atoms with E-state index in [1.807, 2.05) is 12.1 Å². The summed E-state index contributed by atoms with van der Waals surface area (Å²) in [7, 11) is -6.49. The van der Waals surface area contributed by atoms with Gasteiger partial charge in [0.15, 0.2) is 0 Å². The Labute approximate surface area is 291 Å². The van der Waals surface area contributed by atoms with Crippen molar-refractivity contribution in [3.63, 3.8) is 0 Å². The van der Waals surface area contributed by atoms with Crippen molar-refractivity contribution in [2.75, 3.05) is 66.5 Å². The number of likely N-dealkylation sites (N-methyl/N-ethyl adjacent to an activating group) is 2. The topological polar surface area (TPSA) is 182 Å². The van der Waals surface area contributed by atoms with Crippen LogP contribution in [-0.4, -0.2) is 119 Å². The number of hydrogen-bond donors (Lipinski definition) is 0. The smallest absolute Gasteiger partial charge is 0.412 e. The third kappa shape index (κ3) is 21.4. The Morgan fingerprint density at radius 3 is 1.18 bits per heavy atom. The van der Waals surface area contributed by atoms with Gasteiger partial charge in [-0.1, -0.05) is 12.1 Å². The van der Waals surface area contributed by atoms with Crippen LogP contribution in [0.15, 0.2) is 36.4 Å². The van der Waals surface area contributed by atoms with Gasteiger partial charge in [0, 0.05) is 65.4 Å². The van der Waals surface area contributed by atoms with Gasteiger partial charge in [0.05, 0.1) is 34.7 Å². The number of nitrogens with zero attached hydrogens (tertiary/aromatic N) is 6. The largest absolute Gasteiger partial charge is 3.00 e. The molecular formula is C24H36EuF6N6O6P. The third-order valence-corrected chi connectivity index (χ3v) is 5.99. The van der Waals surface area contributed by atoms with Gasteiger partial charge in [-0.15, -0.1) is 0 Å². The zero-order valence-corrected chi connectivity index (χ0v) is 27.3. The minimum Gasteiger partial charge on any atom is -0.412 e. The summed E-state index contributed by atoms with van der Waals surface area (Å²) in [5.41, 5.74) is 1.36. The van der Waals surface area contributed by atoms with Crippen LogP contribution in [0.25, 0.3) is 0 Å². The minimum atomic E-state index is -10.7. The van der Waals surface area contributed by atoms with E-state index in [0.717, 1.165) is 63.7 Å². The second-order valence-corrected chi connectivity index (χ2v) is 11.6. The van der Waals surface area contributed by atoms with Gasteiger partial charge in [0.25, 0.3) is 0 Å². The molecule has 44 heavy (non-hydrogen) atoms. The van der Waals surface area contributed by atoms with E-state index >= 15 is 0 Å². The molecule has 0 saturated carbocycles.